The van der Waals surface area contributed by atoms with E-state index in [1.165, 1.54) is 14.0 Å². The fraction of sp³-hybridized carbons (Fsp3) is 0.385. The number of methoxy groups -OCH3 is 1. The lowest BCUT2D eigenvalue weighted by molar-refractivity contribution is -0.141. The number of hydrogen-bond donors (Lipinski definition) is 0. The van der Waals surface area contributed by atoms with Gasteiger partial charge in [0.05, 0.1) is 13.5 Å². The summed E-state index contributed by atoms with van der Waals surface area (Å²) in [5.41, 5.74) is 1.02. The Hall–Kier alpha value is -1.36. The molecular formula is C13H16BrNO3. The molecule has 0 bridgehead atoms. The van der Waals surface area contributed by atoms with Crippen LogP contribution in [-0.2, 0) is 20.9 Å². The number of carbonyl (C=O) groups excluding carboxylic acids is 2. The van der Waals surface area contributed by atoms with Gasteiger partial charge in [0.15, 0.2) is 0 Å². The molecule has 0 heterocycles. The lowest BCUT2D eigenvalue weighted by Crippen LogP contribution is -2.30. The third kappa shape index (κ3) is 4.87. The minimum atomic E-state index is -0.310. The van der Waals surface area contributed by atoms with E-state index in [0.717, 1.165) is 10.0 Å². The summed E-state index contributed by atoms with van der Waals surface area (Å²) in [5, 5.41) is 0. The number of ether oxygens (including phenoxy) is 1. The Morgan fingerprint density at radius 3 is 2.67 bits per heavy atom. The summed E-state index contributed by atoms with van der Waals surface area (Å²) in [6.45, 7) is 2.36. The quantitative estimate of drug-likeness (QED) is 0.784. The van der Waals surface area contributed by atoms with Gasteiger partial charge in [-0.25, -0.2) is 0 Å². The van der Waals surface area contributed by atoms with E-state index in [0.29, 0.717) is 13.1 Å². The monoisotopic (exact) mass is 313 g/mol. The Labute approximate surface area is 115 Å². The van der Waals surface area contributed by atoms with Crippen molar-refractivity contribution in [3.8, 4) is 0 Å². The molecule has 1 aromatic carbocycles. The van der Waals surface area contributed by atoms with E-state index in [2.05, 4.69) is 20.7 Å². The molecule has 0 saturated heterocycles. The molecule has 1 amide bonds. The summed E-state index contributed by atoms with van der Waals surface area (Å²) in [4.78, 5) is 24.2. The molecule has 4 nitrogen and oxygen atoms in total. The highest BCUT2D eigenvalue weighted by atomic mass is 79.9. The van der Waals surface area contributed by atoms with Gasteiger partial charge in [-0.05, 0) is 17.7 Å². The zero-order valence-corrected chi connectivity index (χ0v) is 12.1. The summed E-state index contributed by atoms with van der Waals surface area (Å²) in [7, 11) is 1.34. The van der Waals surface area contributed by atoms with Crippen LogP contribution >= 0.6 is 15.9 Å². The third-order valence-electron chi connectivity index (χ3n) is 2.52. The molecule has 0 unspecified atom stereocenters. The highest BCUT2D eigenvalue weighted by Gasteiger charge is 2.12. The predicted molar refractivity (Wildman–Crippen MR) is 71.9 cm³/mol. The first-order valence-electron chi connectivity index (χ1n) is 5.59. The zero-order chi connectivity index (χ0) is 13.5. The molecule has 0 N–H and O–H groups in total. The normalized spacial score (nSPS) is 9.94. The van der Waals surface area contributed by atoms with E-state index in [1.807, 2.05) is 24.3 Å². The molecule has 0 aromatic heterocycles. The van der Waals surface area contributed by atoms with Crippen LogP contribution in [0.2, 0.25) is 0 Å². The molecule has 5 heteroatoms. The number of hydrogen-bond acceptors (Lipinski definition) is 3. The Morgan fingerprint density at radius 2 is 2.11 bits per heavy atom. The predicted octanol–water partition coefficient (Wildman–Crippen LogP) is 2.36. The van der Waals surface area contributed by atoms with Crippen LogP contribution in [0.4, 0.5) is 0 Å². The van der Waals surface area contributed by atoms with Crippen LogP contribution in [0, 0.1) is 0 Å². The number of nitrogens with zero attached hydrogens (tertiary/aromatic N) is 1. The first kappa shape index (κ1) is 14.7. The van der Waals surface area contributed by atoms with Gasteiger partial charge in [0.25, 0.3) is 0 Å². The molecular weight excluding hydrogens is 298 g/mol. The second-order valence-corrected chi connectivity index (χ2v) is 4.81. The molecule has 0 saturated carbocycles. The second-order valence-electron chi connectivity index (χ2n) is 3.90. The molecule has 0 aliphatic rings. The molecule has 98 valence electrons. The molecule has 1 rings (SSSR count). The van der Waals surface area contributed by atoms with Gasteiger partial charge in [-0.1, -0.05) is 28.1 Å². The first-order chi connectivity index (χ1) is 8.52. The molecule has 0 radical (unpaired) electrons. The van der Waals surface area contributed by atoms with E-state index < -0.39 is 0 Å². The Morgan fingerprint density at radius 1 is 1.39 bits per heavy atom. The third-order valence-corrected chi connectivity index (χ3v) is 3.01. The van der Waals surface area contributed by atoms with Crippen LogP contribution in [0.25, 0.3) is 0 Å². The smallest absolute Gasteiger partial charge is 0.307 e. The fourth-order valence-corrected chi connectivity index (χ4v) is 1.98. The summed E-state index contributed by atoms with van der Waals surface area (Å²) in [6, 6.07) is 7.74. The van der Waals surface area contributed by atoms with Crippen molar-refractivity contribution in [1.29, 1.82) is 0 Å². The second kappa shape index (κ2) is 7.16. The van der Waals surface area contributed by atoms with Gasteiger partial charge in [-0.2, -0.15) is 0 Å². The van der Waals surface area contributed by atoms with Gasteiger partial charge in [0.2, 0.25) is 5.91 Å². The number of carbonyl (C=O) groups is 2. The highest BCUT2D eigenvalue weighted by molar-refractivity contribution is 9.10. The van der Waals surface area contributed by atoms with Crippen molar-refractivity contribution in [3.05, 3.63) is 34.3 Å². The van der Waals surface area contributed by atoms with Crippen LogP contribution in [0.15, 0.2) is 28.7 Å². The molecule has 0 aliphatic carbocycles. The van der Waals surface area contributed by atoms with Gasteiger partial charge >= 0.3 is 5.97 Å². The average molecular weight is 314 g/mol. The van der Waals surface area contributed by atoms with Crippen LogP contribution in [-0.4, -0.2) is 30.4 Å². The summed E-state index contributed by atoms with van der Waals surface area (Å²) >= 11 is 3.38. The fourth-order valence-electron chi connectivity index (χ4n) is 1.53. The van der Waals surface area contributed by atoms with Crippen LogP contribution in [0.1, 0.15) is 18.9 Å². The van der Waals surface area contributed by atoms with Crippen molar-refractivity contribution in [3.63, 3.8) is 0 Å². The average Bonchev–Trinajstić information content (AvgIpc) is 2.33. The van der Waals surface area contributed by atoms with Gasteiger partial charge in [0.1, 0.15) is 0 Å². The van der Waals surface area contributed by atoms with Crippen LogP contribution in [0.5, 0.6) is 0 Å². The Kier molecular flexibility index (Phi) is 5.85. The molecule has 1 aromatic rings. The van der Waals surface area contributed by atoms with E-state index in [-0.39, 0.29) is 18.3 Å². The van der Waals surface area contributed by atoms with Crippen molar-refractivity contribution >= 4 is 27.8 Å². The van der Waals surface area contributed by atoms with Gasteiger partial charge in [-0.3, -0.25) is 9.59 Å². The maximum atomic E-state index is 11.5. The largest absolute Gasteiger partial charge is 0.469 e. The lowest BCUT2D eigenvalue weighted by atomic mass is 10.2. The summed E-state index contributed by atoms with van der Waals surface area (Å²) < 4.78 is 5.53. The Bertz CT molecular complexity index is 434. The van der Waals surface area contributed by atoms with Crippen molar-refractivity contribution in [2.75, 3.05) is 13.7 Å². The summed E-state index contributed by atoms with van der Waals surface area (Å²) in [5.74, 6) is -0.366. The lowest BCUT2D eigenvalue weighted by Gasteiger charge is -2.20. The standard InChI is InChI=1S/C13H16BrNO3/c1-10(16)15(7-6-13(17)18-2)9-11-4-3-5-12(14)8-11/h3-5,8H,6-7,9H2,1-2H3. The molecule has 0 atom stereocenters. The Balaban J connectivity index is 2.63. The van der Waals surface area contributed by atoms with E-state index in [4.69, 9.17) is 0 Å². The maximum Gasteiger partial charge on any atom is 0.307 e. The summed E-state index contributed by atoms with van der Waals surface area (Å²) in [6.07, 6.45) is 0.212. The minimum absolute atomic E-state index is 0.0566. The van der Waals surface area contributed by atoms with E-state index in [1.54, 1.807) is 4.90 Å². The van der Waals surface area contributed by atoms with E-state index >= 15 is 0 Å². The van der Waals surface area contributed by atoms with Crippen LogP contribution in [0.3, 0.4) is 0 Å². The minimum Gasteiger partial charge on any atom is -0.469 e. The molecule has 0 aliphatic heterocycles. The van der Waals surface area contributed by atoms with Crippen molar-refractivity contribution in [2.45, 2.75) is 19.9 Å². The van der Waals surface area contributed by atoms with Gasteiger partial charge in [-0.15, -0.1) is 0 Å². The number of benzene rings is 1. The molecule has 0 spiro atoms. The number of esters is 1. The maximum absolute atomic E-state index is 11.5. The van der Waals surface area contributed by atoms with Crippen molar-refractivity contribution in [1.82, 2.24) is 4.90 Å². The van der Waals surface area contributed by atoms with E-state index in [9.17, 15) is 9.59 Å². The molecule has 18 heavy (non-hydrogen) atoms. The van der Waals surface area contributed by atoms with Crippen molar-refractivity contribution in [2.24, 2.45) is 0 Å². The number of rotatable bonds is 5. The topological polar surface area (TPSA) is 46.6 Å². The number of halogens is 1. The van der Waals surface area contributed by atoms with Crippen LogP contribution < -0.4 is 0 Å². The zero-order valence-electron chi connectivity index (χ0n) is 10.5. The highest BCUT2D eigenvalue weighted by Crippen LogP contribution is 2.13. The molecule has 0 fully saturated rings. The van der Waals surface area contributed by atoms with Crippen molar-refractivity contribution < 1.29 is 14.3 Å². The van der Waals surface area contributed by atoms with Gasteiger partial charge < -0.3 is 9.64 Å². The SMILES string of the molecule is COC(=O)CCN(Cc1cccc(Br)c1)C(C)=O. The van der Waals surface area contributed by atoms with Gasteiger partial charge in [0, 0.05) is 24.5 Å². The number of amides is 1. The first-order valence-corrected chi connectivity index (χ1v) is 6.39.